The first kappa shape index (κ1) is 18.8. The zero-order valence-electron chi connectivity index (χ0n) is 16.3. The Kier molecular flexibility index (Phi) is 5.65. The van der Waals surface area contributed by atoms with Crippen molar-refractivity contribution in [1.82, 2.24) is 0 Å². The van der Waals surface area contributed by atoms with Crippen LogP contribution in [-0.2, 0) is 11.2 Å². The summed E-state index contributed by atoms with van der Waals surface area (Å²) < 4.78 is 11.1. The normalized spacial score (nSPS) is 10.7. The minimum Gasteiger partial charge on any atom is -0.497 e. The van der Waals surface area contributed by atoms with Crippen LogP contribution in [0.15, 0.2) is 52.9 Å². The van der Waals surface area contributed by atoms with Crippen LogP contribution in [0.2, 0.25) is 0 Å². The van der Waals surface area contributed by atoms with Gasteiger partial charge in [-0.2, -0.15) is 0 Å². The second-order valence-electron chi connectivity index (χ2n) is 6.82. The molecule has 0 saturated heterocycles. The second-order valence-corrected chi connectivity index (χ2v) is 6.82. The molecule has 27 heavy (non-hydrogen) atoms. The summed E-state index contributed by atoms with van der Waals surface area (Å²) in [6.07, 6.45) is 0.939. The van der Waals surface area contributed by atoms with Crippen molar-refractivity contribution < 1.29 is 13.9 Å². The van der Waals surface area contributed by atoms with Crippen molar-refractivity contribution in [2.24, 2.45) is 0 Å². The van der Waals surface area contributed by atoms with Gasteiger partial charge in [-0.05, 0) is 68.3 Å². The third kappa shape index (κ3) is 4.59. The third-order valence-electron chi connectivity index (χ3n) is 4.58. The fourth-order valence-corrected chi connectivity index (χ4v) is 3.24. The molecule has 3 aromatic rings. The average Bonchev–Trinajstić information content (AvgIpc) is 3.12. The molecule has 1 amide bonds. The van der Waals surface area contributed by atoms with E-state index in [-0.39, 0.29) is 5.91 Å². The number of methoxy groups -OCH3 is 1. The van der Waals surface area contributed by atoms with Crippen molar-refractivity contribution in [3.05, 3.63) is 71.0 Å². The maximum Gasteiger partial charge on any atom is 0.224 e. The molecule has 0 spiro atoms. The fraction of sp³-hybridized carbons (Fsp3) is 0.261. The number of benzene rings is 2. The number of rotatable bonds is 6. The summed E-state index contributed by atoms with van der Waals surface area (Å²) in [7, 11) is 1.64. The maximum absolute atomic E-state index is 12.4. The number of carbonyl (C=O) groups is 1. The van der Waals surface area contributed by atoms with Gasteiger partial charge in [0.15, 0.2) is 0 Å². The fourth-order valence-electron chi connectivity index (χ4n) is 3.24. The number of amides is 1. The third-order valence-corrected chi connectivity index (χ3v) is 4.58. The monoisotopic (exact) mass is 363 g/mol. The Morgan fingerprint density at radius 3 is 2.30 bits per heavy atom. The van der Waals surface area contributed by atoms with Crippen LogP contribution >= 0.6 is 0 Å². The number of furan rings is 1. The topological polar surface area (TPSA) is 51.5 Å². The number of aryl methyl sites for hydroxylation is 4. The molecule has 0 saturated carbocycles. The number of ether oxygens (including phenoxy) is 1. The highest BCUT2D eigenvalue weighted by Crippen LogP contribution is 2.25. The number of hydrogen-bond acceptors (Lipinski definition) is 3. The molecule has 0 aliphatic rings. The molecule has 1 N–H and O–H groups in total. The van der Waals surface area contributed by atoms with Crippen molar-refractivity contribution in [3.8, 4) is 17.1 Å². The zero-order chi connectivity index (χ0) is 19.4. The molecule has 2 aromatic carbocycles. The molecule has 0 fully saturated rings. The van der Waals surface area contributed by atoms with Gasteiger partial charge >= 0.3 is 0 Å². The van der Waals surface area contributed by atoms with Gasteiger partial charge in [0.1, 0.15) is 17.3 Å². The van der Waals surface area contributed by atoms with Gasteiger partial charge < -0.3 is 14.5 Å². The maximum atomic E-state index is 12.4. The summed E-state index contributed by atoms with van der Waals surface area (Å²) in [5.41, 5.74) is 5.26. The van der Waals surface area contributed by atoms with E-state index in [9.17, 15) is 4.79 Å². The highest BCUT2D eigenvalue weighted by molar-refractivity contribution is 5.92. The smallest absolute Gasteiger partial charge is 0.224 e. The van der Waals surface area contributed by atoms with E-state index in [0.29, 0.717) is 12.8 Å². The first-order chi connectivity index (χ1) is 13.0. The number of carbonyl (C=O) groups excluding carboxylic acids is 1. The summed E-state index contributed by atoms with van der Waals surface area (Å²) in [4.78, 5) is 12.4. The highest BCUT2D eigenvalue weighted by atomic mass is 16.5. The highest BCUT2D eigenvalue weighted by Gasteiger charge is 2.11. The SMILES string of the molecule is COc1ccc(-c2ccc(CCC(=O)Nc3c(C)cc(C)cc3C)o2)cc1. The van der Waals surface area contributed by atoms with E-state index in [2.05, 4.69) is 24.4 Å². The lowest BCUT2D eigenvalue weighted by Crippen LogP contribution is -2.14. The van der Waals surface area contributed by atoms with E-state index in [0.717, 1.165) is 39.6 Å². The predicted octanol–water partition coefficient (Wildman–Crippen LogP) is 5.45. The Balaban J connectivity index is 1.60. The van der Waals surface area contributed by atoms with Crippen LogP contribution in [0.4, 0.5) is 5.69 Å². The van der Waals surface area contributed by atoms with Gasteiger partial charge in [-0.1, -0.05) is 17.7 Å². The molecule has 0 radical (unpaired) electrons. The van der Waals surface area contributed by atoms with Crippen LogP contribution in [0.1, 0.15) is 28.9 Å². The van der Waals surface area contributed by atoms with E-state index in [4.69, 9.17) is 9.15 Å². The van der Waals surface area contributed by atoms with E-state index in [1.165, 1.54) is 5.56 Å². The van der Waals surface area contributed by atoms with Crippen molar-refractivity contribution in [2.45, 2.75) is 33.6 Å². The molecule has 4 nitrogen and oxygen atoms in total. The average molecular weight is 363 g/mol. The lowest BCUT2D eigenvalue weighted by atomic mass is 10.0. The van der Waals surface area contributed by atoms with Crippen LogP contribution in [0.5, 0.6) is 5.75 Å². The van der Waals surface area contributed by atoms with Gasteiger partial charge in [-0.15, -0.1) is 0 Å². The standard InChI is InChI=1S/C23H25NO3/c1-15-13-16(2)23(17(3)14-15)24-22(25)12-10-20-9-11-21(27-20)18-5-7-19(26-4)8-6-18/h5-9,11,13-14H,10,12H2,1-4H3,(H,24,25). The van der Waals surface area contributed by atoms with Gasteiger partial charge in [0, 0.05) is 24.1 Å². The molecule has 0 bridgehead atoms. The Labute approximate surface area is 160 Å². The Morgan fingerprint density at radius 2 is 1.67 bits per heavy atom. The van der Waals surface area contributed by atoms with Crippen LogP contribution in [-0.4, -0.2) is 13.0 Å². The van der Waals surface area contributed by atoms with Gasteiger partial charge in [-0.25, -0.2) is 0 Å². The van der Waals surface area contributed by atoms with Crippen LogP contribution in [0, 0.1) is 20.8 Å². The molecule has 0 aliphatic carbocycles. The van der Waals surface area contributed by atoms with Crippen LogP contribution in [0.3, 0.4) is 0 Å². The summed E-state index contributed by atoms with van der Waals surface area (Å²) in [5, 5.41) is 3.03. The molecule has 1 aromatic heterocycles. The van der Waals surface area contributed by atoms with Gasteiger partial charge in [0.2, 0.25) is 5.91 Å². The summed E-state index contributed by atoms with van der Waals surface area (Å²) in [6.45, 7) is 6.09. The Bertz CT molecular complexity index is 916. The van der Waals surface area contributed by atoms with Crippen molar-refractivity contribution in [1.29, 1.82) is 0 Å². The molecular weight excluding hydrogens is 338 g/mol. The van der Waals surface area contributed by atoms with E-state index in [1.54, 1.807) is 7.11 Å². The van der Waals surface area contributed by atoms with Gasteiger partial charge in [0.25, 0.3) is 0 Å². The lowest BCUT2D eigenvalue weighted by Gasteiger charge is -2.12. The molecule has 0 unspecified atom stereocenters. The molecule has 0 atom stereocenters. The summed E-state index contributed by atoms with van der Waals surface area (Å²) in [5.74, 6) is 2.39. The molecule has 3 rings (SSSR count). The van der Waals surface area contributed by atoms with Crippen LogP contribution in [0.25, 0.3) is 11.3 Å². The second kappa shape index (κ2) is 8.12. The van der Waals surface area contributed by atoms with Crippen molar-refractivity contribution in [3.63, 3.8) is 0 Å². The zero-order valence-corrected chi connectivity index (χ0v) is 16.3. The van der Waals surface area contributed by atoms with E-state index < -0.39 is 0 Å². The first-order valence-electron chi connectivity index (χ1n) is 9.07. The van der Waals surface area contributed by atoms with Gasteiger partial charge in [-0.3, -0.25) is 4.79 Å². The van der Waals surface area contributed by atoms with Crippen LogP contribution < -0.4 is 10.1 Å². The Morgan fingerprint density at radius 1 is 1.00 bits per heavy atom. The molecule has 4 heteroatoms. The minimum atomic E-state index is -0.00699. The minimum absolute atomic E-state index is 0.00699. The van der Waals surface area contributed by atoms with E-state index in [1.807, 2.05) is 50.2 Å². The first-order valence-corrected chi connectivity index (χ1v) is 9.07. The van der Waals surface area contributed by atoms with E-state index >= 15 is 0 Å². The van der Waals surface area contributed by atoms with Gasteiger partial charge in [0.05, 0.1) is 7.11 Å². The van der Waals surface area contributed by atoms with Crippen molar-refractivity contribution >= 4 is 11.6 Å². The quantitative estimate of drug-likeness (QED) is 0.633. The number of anilines is 1. The predicted molar refractivity (Wildman–Crippen MR) is 108 cm³/mol. The molecule has 1 heterocycles. The largest absolute Gasteiger partial charge is 0.497 e. The summed E-state index contributed by atoms with van der Waals surface area (Å²) in [6, 6.07) is 15.7. The summed E-state index contributed by atoms with van der Waals surface area (Å²) >= 11 is 0. The molecule has 140 valence electrons. The lowest BCUT2D eigenvalue weighted by molar-refractivity contribution is -0.116. The number of nitrogens with one attached hydrogen (secondary N) is 1. The van der Waals surface area contributed by atoms with Crippen molar-refractivity contribution in [2.75, 3.05) is 12.4 Å². The molecule has 0 aliphatic heterocycles. The number of hydrogen-bond donors (Lipinski definition) is 1. The Hall–Kier alpha value is -3.01. The molecular formula is C23H25NO3.